The van der Waals surface area contributed by atoms with Gasteiger partial charge in [0, 0.05) is 54.4 Å². The number of hydrogen-bond donors (Lipinski definition) is 13. The van der Waals surface area contributed by atoms with Crippen molar-refractivity contribution in [3.63, 3.8) is 0 Å². The van der Waals surface area contributed by atoms with Gasteiger partial charge in [0.05, 0.1) is 12.5 Å². The molecule has 3 aromatic carbocycles. The van der Waals surface area contributed by atoms with Crippen molar-refractivity contribution in [3.8, 4) is 5.75 Å². The third-order valence-corrected chi connectivity index (χ3v) is 11.0. The number of carboxylic acid groups (broad SMARTS) is 1. The van der Waals surface area contributed by atoms with Gasteiger partial charge in [-0.3, -0.25) is 33.6 Å². The van der Waals surface area contributed by atoms with Crippen molar-refractivity contribution in [1.82, 2.24) is 36.9 Å². The second-order valence-corrected chi connectivity index (χ2v) is 15.9. The topological polar surface area (TPSA) is 300 Å². The Balaban J connectivity index is 1.64. The van der Waals surface area contributed by atoms with Gasteiger partial charge < -0.3 is 58.6 Å². The summed E-state index contributed by atoms with van der Waals surface area (Å²) in [7, 11) is 0. The molecule has 0 aliphatic rings. The van der Waals surface area contributed by atoms with Crippen molar-refractivity contribution in [2.75, 3.05) is 24.6 Å². The highest BCUT2D eigenvalue weighted by Crippen LogP contribution is 2.20. The molecule has 0 spiro atoms. The van der Waals surface area contributed by atoms with Crippen LogP contribution in [-0.4, -0.2) is 117 Å². The van der Waals surface area contributed by atoms with Crippen LogP contribution in [0.5, 0.6) is 5.75 Å². The summed E-state index contributed by atoms with van der Waals surface area (Å²) >= 11 is 8.32. The number of amides is 6. The maximum absolute atomic E-state index is 14.5. The molecule has 0 bridgehead atoms. The average Bonchev–Trinajstić information content (AvgIpc) is 3.69. The monoisotopic (exact) mass is 919 g/mol. The second kappa shape index (κ2) is 25.9. The number of aromatic nitrogens is 1. The number of aliphatic carboxylic acids is 1. The zero-order valence-electron chi connectivity index (χ0n) is 35.1. The number of carbonyl (C=O) groups excluding carboxylic acids is 6. The summed E-state index contributed by atoms with van der Waals surface area (Å²) in [6.07, 6.45) is 2.24. The lowest BCUT2D eigenvalue weighted by Gasteiger charge is -2.27. The minimum absolute atomic E-state index is 0.0157. The molecular weight excluding hydrogens is 863 g/mol. The van der Waals surface area contributed by atoms with E-state index in [0.29, 0.717) is 30.5 Å². The number of phenolic OH excluding ortho intramolecular Hbond substituents is 1. The molecule has 344 valence electrons. The molecule has 6 amide bonds. The highest BCUT2D eigenvalue weighted by molar-refractivity contribution is 7.80. The average molecular weight is 920 g/mol. The Bertz CT molecular complexity index is 2190. The van der Waals surface area contributed by atoms with Crippen LogP contribution in [0, 0.1) is 0 Å². The van der Waals surface area contributed by atoms with Crippen molar-refractivity contribution >= 4 is 77.6 Å². The smallest absolute Gasteiger partial charge is 0.305 e. The van der Waals surface area contributed by atoms with E-state index >= 15 is 0 Å². The Morgan fingerprint density at radius 1 is 0.609 bits per heavy atom. The van der Waals surface area contributed by atoms with Crippen molar-refractivity contribution < 1.29 is 43.8 Å². The van der Waals surface area contributed by atoms with Gasteiger partial charge in [-0.15, -0.1) is 0 Å². The van der Waals surface area contributed by atoms with Crippen LogP contribution in [0.1, 0.15) is 42.4 Å². The Kier molecular flexibility index (Phi) is 20.4. The van der Waals surface area contributed by atoms with Crippen LogP contribution in [0.25, 0.3) is 10.9 Å². The zero-order chi connectivity index (χ0) is 46.6. The summed E-state index contributed by atoms with van der Waals surface area (Å²) in [4.78, 5) is 96.9. The Hall–Kier alpha value is -6.09. The fourth-order valence-corrected chi connectivity index (χ4v) is 7.11. The van der Waals surface area contributed by atoms with E-state index < -0.39 is 77.7 Å². The number of unbranched alkanes of at least 4 members (excludes halogenated alkanes) is 1. The molecule has 0 aliphatic heterocycles. The van der Waals surface area contributed by atoms with E-state index in [9.17, 15) is 38.7 Å². The van der Waals surface area contributed by atoms with Crippen molar-refractivity contribution in [2.24, 2.45) is 11.5 Å². The Morgan fingerprint density at radius 2 is 1.14 bits per heavy atom. The largest absolute Gasteiger partial charge is 0.508 e. The predicted octanol–water partition coefficient (Wildman–Crippen LogP) is 0.232. The lowest BCUT2D eigenvalue weighted by molar-refractivity contribution is -0.137. The third kappa shape index (κ3) is 15.9. The number of aromatic amines is 1. The normalized spacial score (nSPS) is 13.9. The number of carbonyl (C=O) groups is 7. The van der Waals surface area contributed by atoms with E-state index in [0.717, 1.165) is 16.5 Å². The molecule has 18 nitrogen and oxygen atoms in total. The molecule has 4 aromatic rings. The van der Waals surface area contributed by atoms with E-state index in [1.54, 1.807) is 42.6 Å². The van der Waals surface area contributed by atoms with Crippen LogP contribution in [-0.2, 0) is 52.8 Å². The number of nitrogens with two attached hydrogens (primary N) is 2. The maximum Gasteiger partial charge on any atom is 0.305 e. The summed E-state index contributed by atoms with van der Waals surface area (Å²) in [5.74, 6) is -5.59. The van der Waals surface area contributed by atoms with Gasteiger partial charge in [-0.2, -0.15) is 25.3 Å². The quantitative estimate of drug-likeness (QED) is 0.0299. The van der Waals surface area contributed by atoms with Gasteiger partial charge in [0.15, 0.2) is 0 Å². The first-order valence-corrected chi connectivity index (χ1v) is 22.0. The third-order valence-electron chi connectivity index (χ3n) is 10.2. The molecule has 0 saturated heterocycles. The zero-order valence-corrected chi connectivity index (χ0v) is 36.9. The number of phenols is 1. The van der Waals surface area contributed by atoms with Crippen LogP contribution in [0.2, 0.25) is 0 Å². The second-order valence-electron chi connectivity index (χ2n) is 15.1. The number of hydrogen-bond acceptors (Lipinski definition) is 12. The molecule has 1 aromatic heterocycles. The molecule has 4 rings (SSSR count). The minimum atomic E-state index is -1.33. The molecule has 0 unspecified atom stereocenters. The molecule has 1 heterocycles. The molecule has 6 atom stereocenters. The number of H-pyrrole nitrogens is 1. The highest BCUT2D eigenvalue weighted by atomic mass is 32.1. The molecule has 20 heteroatoms. The van der Waals surface area contributed by atoms with Gasteiger partial charge in [0.1, 0.15) is 36.0 Å². The minimum Gasteiger partial charge on any atom is -0.508 e. The molecule has 0 aliphatic carbocycles. The van der Waals surface area contributed by atoms with E-state index in [4.69, 9.17) is 16.6 Å². The fourth-order valence-electron chi connectivity index (χ4n) is 6.69. The predicted molar refractivity (Wildman–Crippen MR) is 247 cm³/mol. The number of nitrogens with one attached hydrogen (secondary N) is 7. The number of rotatable bonds is 26. The standard InChI is InChI=1S/C44H57N9O9S2/c45-18-7-6-12-33(41(59)51-35(21-27-13-15-29(54)16-14-27)43(61)53-37(25-64)40(58)47-19-17-38(55)56)49-44(62)36(22-28-23-48-32-11-5-4-10-30(28)32)52-42(60)34(50-39(57)31(46)24-63)20-26-8-2-1-3-9-26/h1-5,8-11,13-16,23,31,33-37,48,54,63-64H,6-7,12,17-22,24-25,45-46H2,(H,47,58)(H,49,62)(H,50,57)(H,51,59)(H,52,60)(H,53,61)(H,55,56)/t31-,33-,34-,35-,36-,37-/m0/s1. The SMILES string of the molecule is NCCCC[C@H](NC(=O)[C@H](Cc1c[nH]c2ccccc12)NC(=O)[C@H](Cc1ccccc1)NC(=O)[C@@H](N)CS)C(=O)N[C@@H](Cc1ccc(O)cc1)C(=O)N[C@@H](CS)C(=O)NCCC(=O)O. The van der Waals surface area contributed by atoms with E-state index in [2.05, 4.69) is 62.1 Å². The highest BCUT2D eigenvalue weighted by Gasteiger charge is 2.33. The molecule has 64 heavy (non-hydrogen) atoms. The van der Waals surface area contributed by atoms with Crippen LogP contribution in [0.3, 0.4) is 0 Å². The summed E-state index contributed by atoms with van der Waals surface area (Å²) in [6, 6.07) is 15.0. The summed E-state index contributed by atoms with van der Waals surface area (Å²) in [5, 5.41) is 35.7. The van der Waals surface area contributed by atoms with Crippen molar-refractivity contribution in [1.29, 1.82) is 0 Å². The first kappa shape index (κ1) is 50.6. The van der Waals surface area contributed by atoms with Crippen LogP contribution in [0.15, 0.2) is 85.1 Å². The number of thiol groups is 2. The van der Waals surface area contributed by atoms with Gasteiger partial charge in [0.2, 0.25) is 35.4 Å². The van der Waals surface area contributed by atoms with Crippen LogP contribution >= 0.6 is 25.3 Å². The molecule has 13 N–H and O–H groups in total. The number of benzene rings is 3. The molecule has 0 radical (unpaired) electrons. The van der Waals surface area contributed by atoms with Gasteiger partial charge in [-0.25, -0.2) is 0 Å². The van der Waals surface area contributed by atoms with Gasteiger partial charge in [0.25, 0.3) is 0 Å². The van der Waals surface area contributed by atoms with Crippen molar-refractivity contribution in [2.45, 2.75) is 81.2 Å². The number of aromatic hydroxyl groups is 1. The Morgan fingerprint density at radius 3 is 1.73 bits per heavy atom. The number of para-hydroxylation sites is 1. The van der Waals surface area contributed by atoms with Gasteiger partial charge >= 0.3 is 5.97 Å². The number of fused-ring (bicyclic) bond motifs is 1. The first-order chi connectivity index (χ1) is 30.7. The lowest BCUT2D eigenvalue weighted by Crippen LogP contribution is -2.60. The fraction of sp³-hybridized carbons (Fsp3) is 0.386. The molecule has 0 saturated carbocycles. The van der Waals surface area contributed by atoms with Crippen LogP contribution in [0.4, 0.5) is 0 Å². The Labute approximate surface area is 381 Å². The summed E-state index contributed by atoms with van der Waals surface area (Å²) in [6.45, 7) is 0.0962. The lowest BCUT2D eigenvalue weighted by atomic mass is 10.0. The molecular formula is C44H57N9O9S2. The van der Waals surface area contributed by atoms with Crippen molar-refractivity contribution in [3.05, 3.63) is 102 Å². The van der Waals surface area contributed by atoms with E-state index in [1.807, 2.05) is 30.3 Å². The summed E-state index contributed by atoms with van der Waals surface area (Å²) in [5.41, 5.74) is 14.5. The maximum atomic E-state index is 14.5. The summed E-state index contributed by atoms with van der Waals surface area (Å²) < 4.78 is 0. The van der Waals surface area contributed by atoms with Crippen LogP contribution < -0.4 is 43.4 Å². The van der Waals surface area contributed by atoms with E-state index in [1.165, 1.54) is 12.1 Å². The van der Waals surface area contributed by atoms with Gasteiger partial charge in [-0.05, 0) is 60.7 Å². The molecule has 0 fully saturated rings. The van der Waals surface area contributed by atoms with E-state index in [-0.39, 0.29) is 55.9 Å². The number of carboxylic acids is 1. The first-order valence-electron chi connectivity index (χ1n) is 20.8. The van der Waals surface area contributed by atoms with Gasteiger partial charge in [-0.1, -0.05) is 60.7 Å².